The minimum absolute atomic E-state index is 0.657. The number of benzene rings is 1. The number of rotatable bonds is 6. The van der Waals surface area contributed by atoms with Crippen molar-refractivity contribution in [3.05, 3.63) is 34.9 Å². The van der Waals surface area contributed by atoms with Gasteiger partial charge in [-0.2, -0.15) is 0 Å². The molecule has 0 fully saturated rings. The molecule has 0 saturated heterocycles. The van der Waals surface area contributed by atoms with E-state index in [1.54, 1.807) is 0 Å². The van der Waals surface area contributed by atoms with Crippen molar-refractivity contribution in [2.45, 2.75) is 46.5 Å². The molecule has 0 aromatic heterocycles. The van der Waals surface area contributed by atoms with Gasteiger partial charge in [0.25, 0.3) is 0 Å². The third-order valence-electron chi connectivity index (χ3n) is 3.15. The molecule has 1 atom stereocenters. The van der Waals surface area contributed by atoms with E-state index in [9.17, 15) is 0 Å². The molecule has 0 saturated carbocycles. The van der Waals surface area contributed by atoms with Gasteiger partial charge < -0.3 is 5.32 Å². The van der Waals surface area contributed by atoms with Crippen LogP contribution in [0, 0.1) is 13.8 Å². The van der Waals surface area contributed by atoms with Crippen LogP contribution in [-0.2, 0) is 0 Å². The Morgan fingerprint density at radius 2 is 1.94 bits per heavy atom. The Bertz CT molecular complexity index is 317. The highest BCUT2D eigenvalue weighted by Gasteiger charge is 2.07. The molecule has 0 amide bonds. The van der Waals surface area contributed by atoms with Crippen LogP contribution in [0.25, 0.3) is 0 Å². The van der Waals surface area contributed by atoms with Crippen molar-refractivity contribution < 1.29 is 0 Å². The number of hydrogen-bond acceptors (Lipinski definition) is 1. The normalized spacial score (nSPS) is 12.8. The van der Waals surface area contributed by atoms with Crippen LogP contribution in [-0.4, -0.2) is 13.1 Å². The molecule has 1 aromatic rings. The maximum absolute atomic E-state index is 3.47. The van der Waals surface area contributed by atoms with Crippen LogP contribution >= 0.6 is 0 Å². The zero-order valence-corrected chi connectivity index (χ0v) is 11.1. The zero-order chi connectivity index (χ0) is 12.0. The molecule has 0 aliphatic carbocycles. The molecular weight excluding hydrogens is 194 g/mol. The van der Waals surface area contributed by atoms with E-state index in [1.165, 1.54) is 29.5 Å². The lowest BCUT2D eigenvalue weighted by atomic mass is 9.92. The van der Waals surface area contributed by atoms with Crippen molar-refractivity contribution in [3.8, 4) is 0 Å². The summed E-state index contributed by atoms with van der Waals surface area (Å²) < 4.78 is 0. The predicted molar refractivity (Wildman–Crippen MR) is 72.1 cm³/mol. The monoisotopic (exact) mass is 219 g/mol. The minimum Gasteiger partial charge on any atom is -0.317 e. The lowest BCUT2D eigenvalue weighted by Crippen LogP contribution is -2.17. The molecule has 1 rings (SSSR count). The SMILES string of the molecule is CCCNCCC(C)c1cc(C)ccc1C. The summed E-state index contributed by atoms with van der Waals surface area (Å²) in [7, 11) is 0. The van der Waals surface area contributed by atoms with Gasteiger partial charge in [-0.25, -0.2) is 0 Å². The van der Waals surface area contributed by atoms with Gasteiger partial charge in [-0.05, 0) is 56.8 Å². The van der Waals surface area contributed by atoms with Gasteiger partial charge in [-0.1, -0.05) is 37.6 Å². The first kappa shape index (κ1) is 13.2. The predicted octanol–water partition coefficient (Wildman–Crippen LogP) is 3.80. The summed E-state index contributed by atoms with van der Waals surface area (Å²) >= 11 is 0. The average molecular weight is 219 g/mol. The van der Waals surface area contributed by atoms with Crippen molar-refractivity contribution in [1.82, 2.24) is 5.32 Å². The average Bonchev–Trinajstić information content (AvgIpc) is 2.27. The van der Waals surface area contributed by atoms with Crippen molar-refractivity contribution >= 4 is 0 Å². The summed E-state index contributed by atoms with van der Waals surface area (Å²) in [5.74, 6) is 0.657. The summed E-state index contributed by atoms with van der Waals surface area (Å²) in [5, 5.41) is 3.47. The summed E-state index contributed by atoms with van der Waals surface area (Å²) in [6.45, 7) is 11.2. The van der Waals surface area contributed by atoms with Crippen molar-refractivity contribution in [2.24, 2.45) is 0 Å². The topological polar surface area (TPSA) is 12.0 Å². The molecule has 0 spiro atoms. The number of nitrogens with one attached hydrogen (secondary N) is 1. The van der Waals surface area contributed by atoms with Gasteiger partial charge >= 0.3 is 0 Å². The maximum Gasteiger partial charge on any atom is -0.00432 e. The van der Waals surface area contributed by atoms with Gasteiger partial charge in [0, 0.05) is 0 Å². The van der Waals surface area contributed by atoms with E-state index in [4.69, 9.17) is 0 Å². The lowest BCUT2D eigenvalue weighted by Gasteiger charge is -2.15. The molecule has 1 nitrogen and oxygen atoms in total. The quantitative estimate of drug-likeness (QED) is 0.718. The second kappa shape index (κ2) is 6.70. The Morgan fingerprint density at radius 1 is 1.19 bits per heavy atom. The Hall–Kier alpha value is -0.820. The van der Waals surface area contributed by atoms with Crippen molar-refractivity contribution in [2.75, 3.05) is 13.1 Å². The molecule has 90 valence electrons. The highest BCUT2D eigenvalue weighted by Crippen LogP contribution is 2.23. The molecule has 0 bridgehead atoms. The van der Waals surface area contributed by atoms with Gasteiger partial charge in [0.1, 0.15) is 0 Å². The fourth-order valence-electron chi connectivity index (χ4n) is 2.07. The van der Waals surface area contributed by atoms with Crippen molar-refractivity contribution in [3.63, 3.8) is 0 Å². The fourth-order valence-corrected chi connectivity index (χ4v) is 2.07. The van der Waals surface area contributed by atoms with Gasteiger partial charge in [0.15, 0.2) is 0 Å². The smallest absolute Gasteiger partial charge is 0.00432 e. The zero-order valence-electron chi connectivity index (χ0n) is 11.1. The Kier molecular flexibility index (Phi) is 5.54. The first-order valence-corrected chi connectivity index (χ1v) is 6.43. The van der Waals surface area contributed by atoms with E-state index in [0.717, 1.165) is 13.1 Å². The molecule has 0 aliphatic heterocycles. The van der Waals surface area contributed by atoms with E-state index in [-0.39, 0.29) is 0 Å². The third kappa shape index (κ3) is 3.97. The van der Waals surface area contributed by atoms with Gasteiger partial charge in [0.2, 0.25) is 0 Å². The molecule has 0 aliphatic rings. The highest BCUT2D eigenvalue weighted by molar-refractivity contribution is 5.32. The number of hydrogen-bond donors (Lipinski definition) is 1. The van der Waals surface area contributed by atoms with E-state index in [1.807, 2.05) is 0 Å². The van der Waals surface area contributed by atoms with E-state index in [0.29, 0.717) is 5.92 Å². The van der Waals surface area contributed by atoms with Gasteiger partial charge in [-0.3, -0.25) is 0 Å². The Labute approximate surface area is 100 Å². The standard InChI is InChI=1S/C15H25N/c1-5-9-16-10-8-14(4)15-11-12(2)6-7-13(15)3/h6-7,11,14,16H,5,8-10H2,1-4H3. The van der Waals surface area contributed by atoms with Crippen LogP contribution in [0.2, 0.25) is 0 Å². The first-order chi connectivity index (χ1) is 7.65. The summed E-state index contributed by atoms with van der Waals surface area (Å²) in [6, 6.07) is 6.77. The van der Waals surface area contributed by atoms with Crippen LogP contribution in [0.5, 0.6) is 0 Å². The van der Waals surface area contributed by atoms with Crippen LogP contribution in [0.3, 0.4) is 0 Å². The summed E-state index contributed by atoms with van der Waals surface area (Å²) in [5.41, 5.74) is 4.31. The lowest BCUT2D eigenvalue weighted by molar-refractivity contribution is 0.589. The van der Waals surface area contributed by atoms with Crippen LogP contribution in [0.1, 0.15) is 49.3 Å². The molecule has 1 unspecified atom stereocenters. The molecule has 1 heteroatoms. The maximum atomic E-state index is 3.47. The second-order valence-corrected chi connectivity index (χ2v) is 4.80. The fraction of sp³-hybridized carbons (Fsp3) is 0.600. The van der Waals surface area contributed by atoms with E-state index in [2.05, 4.69) is 51.2 Å². The summed E-state index contributed by atoms with van der Waals surface area (Å²) in [4.78, 5) is 0. The van der Waals surface area contributed by atoms with Crippen LogP contribution in [0.4, 0.5) is 0 Å². The highest BCUT2D eigenvalue weighted by atomic mass is 14.8. The third-order valence-corrected chi connectivity index (χ3v) is 3.15. The Morgan fingerprint density at radius 3 is 2.62 bits per heavy atom. The van der Waals surface area contributed by atoms with Gasteiger partial charge in [-0.15, -0.1) is 0 Å². The summed E-state index contributed by atoms with van der Waals surface area (Å²) in [6.07, 6.45) is 2.45. The van der Waals surface area contributed by atoms with E-state index >= 15 is 0 Å². The van der Waals surface area contributed by atoms with Crippen LogP contribution < -0.4 is 5.32 Å². The van der Waals surface area contributed by atoms with Crippen molar-refractivity contribution in [1.29, 1.82) is 0 Å². The van der Waals surface area contributed by atoms with E-state index < -0.39 is 0 Å². The van der Waals surface area contributed by atoms with Crippen LogP contribution in [0.15, 0.2) is 18.2 Å². The number of aryl methyl sites for hydroxylation is 2. The largest absolute Gasteiger partial charge is 0.317 e. The molecule has 16 heavy (non-hydrogen) atoms. The molecule has 1 aromatic carbocycles. The van der Waals surface area contributed by atoms with Gasteiger partial charge in [0.05, 0.1) is 0 Å². The second-order valence-electron chi connectivity index (χ2n) is 4.80. The molecule has 0 heterocycles. The molecular formula is C15H25N. The minimum atomic E-state index is 0.657. The first-order valence-electron chi connectivity index (χ1n) is 6.43. The molecule has 0 radical (unpaired) electrons. The Balaban J connectivity index is 2.51. The molecule has 1 N–H and O–H groups in total.